The van der Waals surface area contributed by atoms with Crippen LogP contribution in [0.4, 0.5) is 0 Å². The molecule has 3 aromatic rings. The summed E-state index contributed by atoms with van der Waals surface area (Å²) in [6, 6.07) is 7.73. The normalized spacial score (nSPS) is 12.5. The van der Waals surface area contributed by atoms with Gasteiger partial charge in [-0.2, -0.15) is 10.1 Å². The van der Waals surface area contributed by atoms with Gasteiger partial charge >= 0.3 is 0 Å². The fourth-order valence-corrected chi connectivity index (χ4v) is 3.63. The lowest BCUT2D eigenvalue weighted by molar-refractivity contribution is -0.121. The molecule has 0 saturated heterocycles. The van der Waals surface area contributed by atoms with Gasteiger partial charge in [0.1, 0.15) is 6.33 Å². The Balaban J connectivity index is 1.64. The molecule has 0 radical (unpaired) electrons. The Bertz CT molecular complexity index is 984. The molecule has 0 unspecified atom stereocenters. The Kier molecular flexibility index (Phi) is 6.26. The molecule has 0 aliphatic heterocycles. The SMILES string of the molecule is Cc1nc2ncnn2c(C)c1CCC(=O)NC[C@H](c1ccccc1Cl)N(C)C. The highest BCUT2D eigenvalue weighted by molar-refractivity contribution is 6.31. The minimum atomic E-state index is -0.00334. The Morgan fingerprint density at radius 1 is 1.29 bits per heavy atom. The minimum absolute atomic E-state index is 0.00334. The quantitative estimate of drug-likeness (QED) is 0.660. The van der Waals surface area contributed by atoms with Crippen LogP contribution in [0, 0.1) is 13.8 Å². The number of benzene rings is 1. The predicted octanol–water partition coefficient (Wildman–Crippen LogP) is 2.75. The maximum atomic E-state index is 12.5. The number of amides is 1. The van der Waals surface area contributed by atoms with Gasteiger partial charge < -0.3 is 10.2 Å². The molecule has 0 spiro atoms. The van der Waals surface area contributed by atoms with Crippen molar-refractivity contribution in [3.63, 3.8) is 0 Å². The number of hydrogen-bond acceptors (Lipinski definition) is 5. The standard InChI is InChI=1S/C20H25ClN6O/c1-13-15(14(2)27-20(25-13)23-12-24-27)9-10-19(28)22-11-18(26(3)4)16-7-5-6-8-17(16)21/h5-8,12,18H,9-11H2,1-4H3,(H,22,28)/t18-/m1/s1. The summed E-state index contributed by atoms with van der Waals surface area (Å²) in [6.45, 7) is 4.41. The number of rotatable bonds is 7. The van der Waals surface area contributed by atoms with Gasteiger partial charge in [-0.15, -0.1) is 0 Å². The smallest absolute Gasteiger partial charge is 0.252 e. The maximum absolute atomic E-state index is 12.5. The van der Waals surface area contributed by atoms with Gasteiger partial charge in [-0.1, -0.05) is 29.8 Å². The third-order valence-electron chi connectivity index (χ3n) is 4.97. The van der Waals surface area contributed by atoms with Crippen molar-refractivity contribution in [1.29, 1.82) is 0 Å². The molecule has 1 N–H and O–H groups in total. The van der Waals surface area contributed by atoms with Crippen LogP contribution in [0.15, 0.2) is 30.6 Å². The highest BCUT2D eigenvalue weighted by Gasteiger charge is 2.18. The number of fused-ring (bicyclic) bond motifs is 1. The van der Waals surface area contributed by atoms with Crippen LogP contribution >= 0.6 is 11.6 Å². The van der Waals surface area contributed by atoms with Gasteiger partial charge in [-0.05, 0) is 51.6 Å². The van der Waals surface area contributed by atoms with Crippen LogP contribution in [0.3, 0.4) is 0 Å². The molecule has 2 heterocycles. The van der Waals surface area contributed by atoms with Crippen LogP contribution < -0.4 is 5.32 Å². The highest BCUT2D eigenvalue weighted by atomic mass is 35.5. The summed E-state index contributed by atoms with van der Waals surface area (Å²) < 4.78 is 1.71. The van der Waals surface area contributed by atoms with E-state index in [0.29, 0.717) is 30.2 Å². The second-order valence-corrected chi connectivity index (χ2v) is 7.45. The van der Waals surface area contributed by atoms with E-state index in [2.05, 4.69) is 25.3 Å². The number of halogens is 1. The lowest BCUT2D eigenvalue weighted by Gasteiger charge is -2.26. The number of carbonyl (C=O) groups is 1. The van der Waals surface area contributed by atoms with Gasteiger partial charge in [-0.3, -0.25) is 4.79 Å². The topological polar surface area (TPSA) is 75.4 Å². The van der Waals surface area contributed by atoms with Crippen LogP contribution in [-0.2, 0) is 11.2 Å². The van der Waals surface area contributed by atoms with E-state index in [1.165, 1.54) is 6.33 Å². The molecular formula is C20H25ClN6O. The van der Waals surface area contributed by atoms with Crippen LogP contribution in [-0.4, -0.2) is 51.0 Å². The van der Waals surface area contributed by atoms with Crippen LogP contribution in [0.5, 0.6) is 0 Å². The monoisotopic (exact) mass is 400 g/mol. The first-order valence-electron chi connectivity index (χ1n) is 9.22. The van der Waals surface area contributed by atoms with E-state index in [1.807, 2.05) is 52.2 Å². The Morgan fingerprint density at radius 2 is 2.04 bits per heavy atom. The summed E-state index contributed by atoms with van der Waals surface area (Å²) >= 11 is 6.33. The van der Waals surface area contributed by atoms with Crippen LogP contribution in [0.25, 0.3) is 5.78 Å². The van der Waals surface area contributed by atoms with E-state index < -0.39 is 0 Å². The van der Waals surface area contributed by atoms with Gasteiger partial charge in [0.25, 0.3) is 5.78 Å². The molecule has 3 rings (SSSR count). The van der Waals surface area contributed by atoms with E-state index >= 15 is 0 Å². The molecule has 148 valence electrons. The first-order chi connectivity index (χ1) is 13.4. The molecule has 0 aliphatic rings. The van der Waals surface area contributed by atoms with Crippen molar-refractivity contribution in [2.45, 2.75) is 32.7 Å². The maximum Gasteiger partial charge on any atom is 0.252 e. The van der Waals surface area contributed by atoms with Crippen molar-refractivity contribution in [2.24, 2.45) is 0 Å². The Hall–Kier alpha value is -2.51. The largest absolute Gasteiger partial charge is 0.354 e. The summed E-state index contributed by atoms with van der Waals surface area (Å²) in [5.74, 6) is 0.577. The molecule has 7 nitrogen and oxygen atoms in total. The third kappa shape index (κ3) is 4.31. The first-order valence-corrected chi connectivity index (χ1v) is 9.59. The third-order valence-corrected chi connectivity index (χ3v) is 5.32. The molecule has 0 bridgehead atoms. The summed E-state index contributed by atoms with van der Waals surface area (Å²) in [5.41, 5.74) is 3.88. The molecular weight excluding hydrogens is 376 g/mol. The number of nitrogens with zero attached hydrogens (tertiary/aromatic N) is 5. The zero-order valence-electron chi connectivity index (χ0n) is 16.6. The average Bonchev–Trinajstić information content (AvgIpc) is 3.11. The van der Waals surface area contributed by atoms with Gasteiger partial charge in [0, 0.05) is 29.4 Å². The average molecular weight is 401 g/mol. The fraction of sp³-hybridized carbons (Fsp3) is 0.400. The number of aryl methyl sites for hydroxylation is 2. The molecule has 28 heavy (non-hydrogen) atoms. The van der Waals surface area contributed by atoms with Crippen LogP contribution in [0.1, 0.15) is 35.0 Å². The first kappa shape index (κ1) is 20.2. The van der Waals surface area contributed by atoms with Crippen molar-refractivity contribution >= 4 is 23.3 Å². The lowest BCUT2D eigenvalue weighted by Crippen LogP contribution is -2.34. The van der Waals surface area contributed by atoms with Gasteiger partial charge in [0.05, 0.1) is 6.04 Å². The lowest BCUT2D eigenvalue weighted by atomic mass is 10.0. The number of nitrogens with one attached hydrogen (secondary N) is 1. The Morgan fingerprint density at radius 3 is 2.75 bits per heavy atom. The summed E-state index contributed by atoms with van der Waals surface area (Å²) in [7, 11) is 3.96. The number of likely N-dealkylation sites (N-methyl/N-ethyl adjacent to an activating group) is 1. The van der Waals surface area contributed by atoms with Crippen LogP contribution in [0.2, 0.25) is 5.02 Å². The number of carbonyl (C=O) groups excluding carboxylic acids is 1. The van der Waals surface area contributed by atoms with Gasteiger partial charge in [0.15, 0.2) is 0 Å². The van der Waals surface area contributed by atoms with E-state index in [1.54, 1.807) is 4.52 Å². The van der Waals surface area contributed by atoms with E-state index in [4.69, 9.17) is 11.6 Å². The zero-order valence-corrected chi connectivity index (χ0v) is 17.4. The molecule has 0 saturated carbocycles. The predicted molar refractivity (Wildman–Crippen MR) is 109 cm³/mol. The van der Waals surface area contributed by atoms with E-state index in [-0.39, 0.29) is 11.9 Å². The van der Waals surface area contributed by atoms with Crippen molar-refractivity contribution in [3.8, 4) is 0 Å². The summed E-state index contributed by atoms with van der Waals surface area (Å²) in [6.07, 6.45) is 2.47. The second-order valence-electron chi connectivity index (χ2n) is 7.04. The van der Waals surface area contributed by atoms with Gasteiger partial charge in [-0.25, -0.2) is 9.50 Å². The molecule has 0 fully saturated rings. The molecule has 8 heteroatoms. The van der Waals surface area contributed by atoms with Gasteiger partial charge in [0.2, 0.25) is 5.91 Å². The summed E-state index contributed by atoms with van der Waals surface area (Å²) in [5, 5.41) is 7.93. The molecule has 0 aliphatic carbocycles. The van der Waals surface area contributed by atoms with E-state index in [0.717, 1.165) is 22.5 Å². The second kappa shape index (κ2) is 8.67. The molecule has 1 amide bonds. The fourth-order valence-electron chi connectivity index (χ4n) is 3.37. The number of aromatic nitrogens is 4. The highest BCUT2D eigenvalue weighted by Crippen LogP contribution is 2.25. The number of hydrogen-bond donors (Lipinski definition) is 1. The molecule has 2 aromatic heterocycles. The van der Waals surface area contributed by atoms with Crippen molar-refractivity contribution in [3.05, 3.63) is 58.1 Å². The van der Waals surface area contributed by atoms with E-state index in [9.17, 15) is 4.79 Å². The molecule has 1 atom stereocenters. The van der Waals surface area contributed by atoms with Crippen molar-refractivity contribution in [1.82, 2.24) is 29.8 Å². The minimum Gasteiger partial charge on any atom is -0.354 e. The Labute approximate surface area is 169 Å². The molecule has 1 aromatic carbocycles. The van der Waals surface area contributed by atoms with Crippen molar-refractivity contribution < 1.29 is 4.79 Å². The van der Waals surface area contributed by atoms with Crippen molar-refractivity contribution in [2.75, 3.05) is 20.6 Å². The zero-order chi connectivity index (χ0) is 20.3. The summed E-state index contributed by atoms with van der Waals surface area (Å²) in [4.78, 5) is 23.1.